The lowest BCUT2D eigenvalue weighted by atomic mass is 10.1. The van der Waals surface area contributed by atoms with E-state index in [2.05, 4.69) is 17.2 Å². The molecule has 0 fully saturated rings. The van der Waals surface area contributed by atoms with Gasteiger partial charge in [-0.15, -0.1) is 0 Å². The smallest absolute Gasteiger partial charge is 0.228 e. The highest BCUT2D eigenvalue weighted by atomic mass is 16.1. The number of benzene rings is 2. The highest BCUT2D eigenvalue weighted by Gasteiger charge is 2.03. The number of amides is 1. The molecule has 2 aromatic rings. The minimum Gasteiger partial charge on any atom is -0.326 e. The van der Waals surface area contributed by atoms with Crippen LogP contribution in [0.25, 0.3) is 0 Å². The molecule has 0 spiro atoms. The first-order chi connectivity index (χ1) is 9.78. The molecule has 0 aliphatic rings. The van der Waals surface area contributed by atoms with Crippen molar-refractivity contribution in [3.05, 3.63) is 65.7 Å². The number of carbonyl (C=O) groups excluding carboxylic acids is 1. The zero-order chi connectivity index (χ0) is 14.2. The van der Waals surface area contributed by atoms with E-state index in [1.165, 1.54) is 0 Å². The van der Waals surface area contributed by atoms with Crippen molar-refractivity contribution in [2.45, 2.75) is 6.42 Å². The fraction of sp³-hybridized carbons (Fsp3) is 0.118. The molecule has 0 heterocycles. The van der Waals surface area contributed by atoms with Crippen molar-refractivity contribution < 1.29 is 4.79 Å². The maximum absolute atomic E-state index is 11.9. The minimum atomic E-state index is -0.0306. The van der Waals surface area contributed by atoms with Crippen LogP contribution in [0.4, 0.5) is 5.69 Å². The molecular formula is C17H16N2O. The Bertz CT molecular complexity index is 622. The van der Waals surface area contributed by atoms with Crippen molar-refractivity contribution in [3.63, 3.8) is 0 Å². The maximum atomic E-state index is 11.9. The van der Waals surface area contributed by atoms with Crippen molar-refractivity contribution in [2.24, 2.45) is 5.73 Å². The Morgan fingerprint density at radius 3 is 2.40 bits per heavy atom. The maximum Gasteiger partial charge on any atom is 0.228 e. The van der Waals surface area contributed by atoms with Crippen LogP contribution in [-0.4, -0.2) is 12.5 Å². The Kier molecular flexibility index (Phi) is 4.94. The van der Waals surface area contributed by atoms with Gasteiger partial charge in [0, 0.05) is 11.3 Å². The first-order valence-electron chi connectivity index (χ1n) is 6.41. The first kappa shape index (κ1) is 13.9. The molecule has 0 saturated heterocycles. The molecule has 1 amide bonds. The number of carbonyl (C=O) groups is 1. The average Bonchev–Trinajstić information content (AvgIpc) is 2.47. The lowest BCUT2D eigenvalue weighted by molar-refractivity contribution is -0.115. The average molecular weight is 264 g/mol. The summed E-state index contributed by atoms with van der Waals surface area (Å²) in [6.07, 6.45) is 0.371. The van der Waals surface area contributed by atoms with Crippen LogP contribution in [-0.2, 0) is 11.2 Å². The van der Waals surface area contributed by atoms with Gasteiger partial charge in [0.1, 0.15) is 0 Å². The van der Waals surface area contributed by atoms with Crippen LogP contribution >= 0.6 is 0 Å². The van der Waals surface area contributed by atoms with Crippen molar-refractivity contribution >= 4 is 11.6 Å². The molecule has 20 heavy (non-hydrogen) atoms. The van der Waals surface area contributed by atoms with Gasteiger partial charge in [0.2, 0.25) is 5.91 Å². The summed E-state index contributed by atoms with van der Waals surface area (Å²) in [7, 11) is 0. The topological polar surface area (TPSA) is 55.1 Å². The molecular weight excluding hydrogens is 248 g/mol. The predicted octanol–water partition coefficient (Wildman–Crippen LogP) is 2.18. The third-order valence-electron chi connectivity index (χ3n) is 2.71. The van der Waals surface area contributed by atoms with Crippen LogP contribution in [0.15, 0.2) is 54.6 Å². The number of nitrogens with two attached hydrogens (primary N) is 1. The van der Waals surface area contributed by atoms with Crippen molar-refractivity contribution in [1.82, 2.24) is 0 Å². The summed E-state index contributed by atoms with van der Waals surface area (Å²) in [6.45, 7) is 0.343. The molecule has 3 N–H and O–H groups in total. The Morgan fingerprint density at radius 1 is 1.05 bits per heavy atom. The SMILES string of the molecule is NCC#Cc1ccc(NC(=O)Cc2ccccc2)cc1. The number of hydrogen-bond acceptors (Lipinski definition) is 2. The lowest BCUT2D eigenvalue weighted by Crippen LogP contribution is -2.14. The Labute approximate surface area is 118 Å². The molecule has 2 aromatic carbocycles. The fourth-order valence-electron chi connectivity index (χ4n) is 1.78. The second kappa shape index (κ2) is 7.13. The minimum absolute atomic E-state index is 0.0306. The van der Waals surface area contributed by atoms with Gasteiger partial charge in [-0.05, 0) is 29.8 Å². The molecule has 0 atom stereocenters. The molecule has 100 valence electrons. The van der Waals surface area contributed by atoms with Gasteiger partial charge >= 0.3 is 0 Å². The van der Waals surface area contributed by atoms with E-state index in [0.29, 0.717) is 13.0 Å². The Morgan fingerprint density at radius 2 is 1.75 bits per heavy atom. The van der Waals surface area contributed by atoms with E-state index in [4.69, 9.17) is 5.73 Å². The quantitative estimate of drug-likeness (QED) is 0.835. The molecule has 3 nitrogen and oxygen atoms in total. The third kappa shape index (κ3) is 4.27. The summed E-state index contributed by atoms with van der Waals surface area (Å²) < 4.78 is 0. The predicted molar refractivity (Wildman–Crippen MR) is 81.2 cm³/mol. The molecule has 0 aromatic heterocycles. The molecule has 0 aliphatic carbocycles. The monoisotopic (exact) mass is 264 g/mol. The number of hydrogen-bond donors (Lipinski definition) is 2. The highest BCUT2D eigenvalue weighted by molar-refractivity contribution is 5.92. The molecule has 0 aliphatic heterocycles. The molecule has 0 radical (unpaired) electrons. The van der Waals surface area contributed by atoms with Crippen LogP contribution in [0.3, 0.4) is 0 Å². The molecule has 2 rings (SSSR count). The van der Waals surface area contributed by atoms with E-state index in [-0.39, 0.29) is 5.91 Å². The zero-order valence-electron chi connectivity index (χ0n) is 11.1. The van der Waals surface area contributed by atoms with Crippen molar-refractivity contribution in [1.29, 1.82) is 0 Å². The second-order valence-corrected chi connectivity index (χ2v) is 4.29. The van der Waals surface area contributed by atoms with Crippen LogP contribution in [0.1, 0.15) is 11.1 Å². The van der Waals surface area contributed by atoms with Crippen LogP contribution in [0, 0.1) is 11.8 Å². The summed E-state index contributed by atoms with van der Waals surface area (Å²) in [4.78, 5) is 11.9. The normalized spacial score (nSPS) is 9.45. The summed E-state index contributed by atoms with van der Waals surface area (Å²) in [5, 5.41) is 2.86. The molecule has 3 heteroatoms. The summed E-state index contributed by atoms with van der Waals surface area (Å²) in [5.74, 6) is 5.69. The largest absolute Gasteiger partial charge is 0.326 e. The van der Waals surface area contributed by atoms with Gasteiger partial charge in [-0.2, -0.15) is 0 Å². The van der Waals surface area contributed by atoms with E-state index >= 15 is 0 Å². The summed E-state index contributed by atoms with van der Waals surface area (Å²) in [6, 6.07) is 17.0. The van der Waals surface area contributed by atoms with Crippen molar-refractivity contribution in [3.8, 4) is 11.8 Å². The van der Waals surface area contributed by atoms with Gasteiger partial charge < -0.3 is 11.1 Å². The van der Waals surface area contributed by atoms with Gasteiger partial charge in [-0.3, -0.25) is 4.79 Å². The van der Waals surface area contributed by atoms with Gasteiger partial charge in [-0.25, -0.2) is 0 Å². The van der Waals surface area contributed by atoms with E-state index in [9.17, 15) is 4.79 Å². The second-order valence-electron chi connectivity index (χ2n) is 4.29. The van der Waals surface area contributed by atoms with E-state index < -0.39 is 0 Å². The summed E-state index contributed by atoms with van der Waals surface area (Å²) in [5.41, 5.74) is 7.96. The zero-order valence-corrected chi connectivity index (χ0v) is 11.1. The van der Waals surface area contributed by atoms with Crippen molar-refractivity contribution in [2.75, 3.05) is 11.9 Å². The van der Waals surface area contributed by atoms with Gasteiger partial charge in [0.25, 0.3) is 0 Å². The Balaban J connectivity index is 1.94. The lowest BCUT2D eigenvalue weighted by Gasteiger charge is -2.05. The van der Waals surface area contributed by atoms with E-state index in [0.717, 1.165) is 16.8 Å². The Hall–Kier alpha value is -2.57. The third-order valence-corrected chi connectivity index (χ3v) is 2.71. The summed E-state index contributed by atoms with van der Waals surface area (Å²) >= 11 is 0. The number of rotatable bonds is 3. The van der Waals surface area contributed by atoms with Crippen LogP contribution in [0.5, 0.6) is 0 Å². The van der Waals surface area contributed by atoms with Gasteiger partial charge in [-0.1, -0.05) is 42.2 Å². The van der Waals surface area contributed by atoms with Crippen LogP contribution in [0.2, 0.25) is 0 Å². The van der Waals surface area contributed by atoms with Gasteiger partial charge in [0.15, 0.2) is 0 Å². The van der Waals surface area contributed by atoms with Crippen LogP contribution < -0.4 is 11.1 Å². The van der Waals surface area contributed by atoms with E-state index in [1.807, 2.05) is 54.6 Å². The van der Waals surface area contributed by atoms with Gasteiger partial charge in [0.05, 0.1) is 13.0 Å². The highest BCUT2D eigenvalue weighted by Crippen LogP contribution is 2.10. The molecule has 0 unspecified atom stereocenters. The molecule has 0 saturated carbocycles. The van der Waals surface area contributed by atoms with E-state index in [1.54, 1.807) is 0 Å². The first-order valence-corrected chi connectivity index (χ1v) is 6.41. The number of anilines is 1. The standard InChI is InChI=1S/C17H16N2O/c18-12-4-7-14-8-10-16(11-9-14)19-17(20)13-15-5-2-1-3-6-15/h1-3,5-6,8-11H,12-13,18H2,(H,19,20). The fourth-order valence-corrected chi connectivity index (χ4v) is 1.78. The molecule has 0 bridgehead atoms. The number of nitrogens with one attached hydrogen (secondary N) is 1.